The van der Waals surface area contributed by atoms with E-state index in [1.807, 2.05) is 47.4 Å². The van der Waals surface area contributed by atoms with Gasteiger partial charge in [-0.1, -0.05) is 67.1 Å². The van der Waals surface area contributed by atoms with Gasteiger partial charge >= 0.3 is 0 Å². The van der Waals surface area contributed by atoms with Crippen molar-refractivity contribution in [2.24, 2.45) is 0 Å². The van der Waals surface area contributed by atoms with Gasteiger partial charge in [0.25, 0.3) is 0 Å². The monoisotopic (exact) mass is 546 g/mol. The summed E-state index contributed by atoms with van der Waals surface area (Å²) in [6.07, 6.45) is 2.53. The SMILES string of the molecule is CC(=O)N1c2ccc(Nc3nccc(-c4ccc5ccccc5c4)n3)cc2C(C)(c2ccc(Cl)cc2)CC1(C)C. The van der Waals surface area contributed by atoms with Crippen LogP contribution in [0.25, 0.3) is 22.0 Å². The number of aromatic nitrogens is 2. The number of benzene rings is 4. The Kier molecular flexibility index (Phi) is 6.35. The third kappa shape index (κ3) is 4.61. The fourth-order valence-electron chi connectivity index (χ4n) is 6.34. The van der Waals surface area contributed by atoms with Crippen LogP contribution in [0, 0.1) is 0 Å². The van der Waals surface area contributed by atoms with E-state index in [9.17, 15) is 4.79 Å². The summed E-state index contributed by atoms with van der Waals surface area (Å²) in [5, 5.41) is 6.48. The molecule has 0 radical (unpaired) electrons. The van der Waals surface area contributed by atoms with Crippen molar-refractivity contribution in [3.63, 3.8) is 0 Å². The molecule has 1 N–H and O–H groups in total. The third-order valence-electron chi connectivity index (χ3n) is 7.98. The molecule has 0 aliphatic carbocycles. The van der Waals surface area contributed by atoms with Gasteiger partial charge in [-0.15, -0.1) is 0 Å². The summed E-state index contributed by atoms with van der Waals surface area (Å²) in [5.74, 6) is 0.537. The van der Waals surface area contributed by atoms with E-state index in [2.05, 4.69) is 79.6 Å². The van der Waals surface area contributed by atoms with Gasteiger partial charge in [-0.25, -0.2) is 9.97 Å². The first-order chi connectivity index (χ1) is 19.1. The standard InChI is InChI=1S/C34H31ClN4O/c1-22(40)39-31-16-15-28(20-29(31)34(4,21-33(39,2)3)26-11-13-27(35)14-12-26)37-32-36-18-17-30(38-32)25-10-9-23-7-5-6-8-24(23)19-25/h5-20H,21H2,1-4H3,(H,36,37,38). The molecule has 0 saturated carbocycles. The minimum atomic E-state index is -0.376. The van der Waals surface area contributed by atoms with Crippen molar-refractivity contribution in [3.8, 4) is 11.3 Å². The fraction of sp³-hybridized carbons (Fsp3) is 0.206. The summed E-state index contributed by atoms with van der Waals surface area (Å²) in [6.45, 7) is 8.14. The first-order valence-corrected chi connectivity index (χ1v) is 13.8. The Balaban J connectivity index is 1.40. The van der Waals surface area contributed by atoms with E-state index in [4.69, 9.17) is 16.6 Å². The predicted octanol–water partition coefficient (Wildman–Crippen LogP) is 8.54. The van der Waals surface area contributed by atoms with Crippen LogP contribution in [0.1, 0.15) is 45.2 Å². The minimum Gasteiger partial charge on any atom is -0.324 e. The second kappa shape index (κ2) is 9.76. The van der Waals surface area contributed by atoms with Crippen LogP contribution in [0.15, 0.2) is 97.2 Å². The van der Waals surface area contributed by atoms with Gasteiger partial charge in [-0.05, 0) is 84.6 Å². The molecule has 1 atom stereocenters. The quantitative estimate of drug-likeness (QED) is 0.245. The Morgan fingerprint density at radius 2 is 1.65 bits per heavy atom. The average Bonchev–Trinajstić information content (AvgIpc) is 2.93. The van der Waals surface area contributed by atoms with Gasteiger partial charge in [-0.2, -0.15) is 0 Å². The van der Waals surface area contributed by atoms with Gasteiger partial charge in [-0.3, -0.25) is 4.79 Å². The highest BCUT2D eigenvalue weighted by atomic mass is 35.5. The summed E-state index contributed by atoms with van der Waals surface area (Å²) >= 11 is 6.24. The molecule has 4 aromatic carbocycles. The maximum Gasteiger partial charge on any atom is 0.227 e. The molecule has 0 bridgehead atoms. The lowest BCUT2D eigenvalue weighted by Crippen LogP contribution is -2.55. The van der Waals surface area contributed by atoms with Gasteiger partial charge in [0, 0.05) is 46.0 Å². The molecule has 5 aromatic rings. The van der Waals surface area contributed by atoms with Crippen molar-refractivity contribution < 1.29 is 4.79 Å². The van der Waals surface area contributed by atoms with E-state index in [-0.39, 0.29) is 16.9 Å². The maximum absolute atomic E-state index is 12.9. The number of hydrogen-bond acceptors (Lipinski definition) is 4. The van der Waals surface area contributed by atoms with Crippen LogP contribution in [0.5, 0.6) is 0 Å². The van der Waals surface area contributed by atoms with E-state index >= 15 is 0 Å². The summed E-state index contributed by atoms with van der Waals surface area (Å²) in [6, 6.07) is 30.7. The molecule has 5 nitrogen and oxygen atoms in total. The van der Waals surface area contributed by atoms with Gasteiger partial charge in [0.15, 0.2) is 0 Å². The van der Waals surface area contributed by atoms with Crippen molar-refractivity contribution in [3.05, 3.63) is 113 Å². The number of anilines is 3. The summed E-state index contributed by atoms with van der Waals surface area (Å²) in [5.41, 5.74) is 5.15. The van der Waals surface area contributed by atoms with Crippen LogP contribution in [-0.4, -0.2) is 21.4 Å². The van der Waals surface area contributed by atoms with Gasteiger partial charge in [0.05, 0.1) is 5.69 Å². The number of nitrogens with zero attached hydrogens (tertiary/aromatic N) is 3. The molecule has 0 spiro atoms. The smallest absolute Gasteiger partial charge is 0.227 e. The Hall–Kier alpha value is -4.22. The third-order valence-corrected chi connectivity index (χ3v) is 8.23. The Labute approximate surface area is 239 Å². The number of nitrogens with one attached hydrogen (secondary N) is 1. The van der Waals surface area contributed by atoms with Crippen molar-refractivity contribution in [1.82, 2.24) is 9.97 Å². The summed E-state index contributed by atoms with van der Waals surface area (Å²) < 4.78 is 0. The molecule has 1 aliphatic rings. The van der Waals surface area contributed by atoms with Crippen LogP contribution >= 0.6 is 11.6 Å². The maximum atomic E-state index is 12.9. The second-order valence-electron chi connectivity index (χ2n) is 11.4. The second-order valence-corrected chi connectivity index (χ2v) is 11.8. The van der Waals surface area contributed by atoms with E-state index in [0.29, 0.717) is 11.0 Å². The number of rotatable bonds is 4. The number of halogens is 1. The van der Waals surface area contributed by atoms with E-state index in [1.165, 1.54) is 10.8 Å². The molecule has 6 heteroatoms. The van der Waals surface area contributed by atoms with E-state index < -0.39 is 0 Å². The van der Waals surface area contributed by atoms with Gasteiger partial charge in [0.1, 0.15) is 0 Å². The topological polar surface area (TPSA) is 58.1 Å². The number of carbonyl (C=O) groups excluding carboxylic acids is 1. The molecule has 6 rings (SSSR count). The molecular formula is C34H31ClN4O. The van der Waals surface area contributed by atoms with Gasteiger partial charge in [0.2, 0.25) is 11.9 Å². The van der Waals surface area contributed by atoms with Crippen LogP contribution in [0.4, 0.5) is 17.3 Å². The van der Waals surface area contributed by atoms with Crippen LogP contribution in [-0.2, 0) is 10.2 Å². The zero-order chi connectivity index (χ0) is 28.1. The zero-order valence-electron chi connectivity index (χ0n) is 23.1. The number of fused-ring (bicyclic) bond motifs is 2. The largest absolute Gasteiger partial charge is 0.324 e. The van der Waals surface area contributed by atoms with Gasteiger partial charge < -0.3 is 10.2 Å². The summed E-state index contributed by atoms with van der Waals surface area (Å²) in [4.78, 5) is 24.1. The van der Waals surface area contributed by atoms with Crippen molar-refractivity contribution in [2.45, 2.75) is 45.1 Å². The lowest BCUT2D eigenvalue weighted by Gasteiger charge is -2.51. The lowest BCUT2D eigenvalue weighted by molar-refractivity contribution is -0.117. The molecule has 0 saturated heterocycles. The minimum absolute atomic E-state index is 0.0246. The highest BCUT2D eigenvalue weighted by molar-refractivity contribution is 6.30. The zero-order valence-corrected chi connectivity index (χ0v) is 23.8. The van der Waals surface area contributed by atoms with Crippen molar-refractivity contribution in [1.29, 1.82) is 0 Å². The highest BCUT2D eigenvalue weighted by Crippen LogP contribution is 2.51. The molecule has 2 heterocycles. The van der Waals surface area contributed by atoms with E-state index in [0.717, 1.165) is 40.2 Å². The molecule has 1 aromatic heterocycles. The number of amides is 1. The van der Waals surface area contributed by atoms with Crippen LogP contribution in [0.2, 0.25) is 5.02 Å². The normalized spacial score (nSPS) is 17.9. The highest BCUT2D eigenvalue weighted by Gasteiger charge is 2.47. The molecule has 1 unspecified atom stereocenters. The van der Waals surface area contributed by atoms with Crippen LogP contribution < -0.4 is 10.2 Å². The predicted molar refractivity (Wildman–Crippen MR) is 164 cm³/mol. The van der Waals surface area contributed by atoms with E-state index in [1.54, 1.807) is 13.1 Å². The lowest BCUT2D eigenvalue weighted by atomic mass is 9.65. The number of carbonyl (C=O) groups is 1. The van der Waals surface area contributed by atoms with Crippen LogP contribution in [0.3, 0.4) is 0 Å². The molecule has 200 valence electrons. The van der Waals surface area contributed by atoms with Crippen molar-refractivity contribution >= 4 is 45.6 Å². The summed E-state index contributed by atoms with van der Waals surface area (Å²) in [7, 11) is 0. The molecule has 40 heavy (non-hydrogen) atoms. The fourth-order valence-corrected chi connectivity index (χ4v) is 6.47. The Morgan fingerprint density at radius 1 is 0.900 bits per heavy atom. The first kappa shape index (κ1) is 26.0. The Bertz CT molecular complexity index is 1750. The van der Waals surface area contributed by atoms with Crippen molar-refractivity contribution in [2.75, 3.05) is 10.2 Å². The molecular weight excluding hydrogens is 516 g/mol. The molecule has 1 amide bonds. The average molecular weight is 547 g/mol. The molecule has 1 aliphatic heterocycles. The number of hydrogen-bond donors (Lipinski definition) is 1. The first-order valence-electron chi connectivity index (χ1n) is 13.4. The molecule has 0 fully saturated rings. The Morgan fingerprint density at radius 3 is 2.40 bits per heavy atom.